The van der Waals surface area contributed by atoms with Crippen molar-refractivity contribution in [3.63, 3.8) is 0 Å². The van der Waals surface area contributed by atoms with E-state index in [4.69, 9.17) is 0 Å². The zero-order valence-corrected chi connectivity index (χ0v) is 13.4. The molecule has 1 saturated heterocycles. The quantitative estimate of drug-likeness (QED) is 0.856. The molecular formula is C18H28N2O. The third-order valence-corrected chi connectivity index (χ3v) is 4.43. The summed E-state index contributed by atoms with van der Waals surface area (Å²) in [5, 5.41) is 3.02. The SMILES string of the molecule is CCC(CC)C(=O)Nc1ccc(CN2CCCCC2)cc1. The fraction of sp³-hybridized carbons (Fsp3) is 0.611. The summed E-state index contributed by atoms with van der Waals surface area (Å²) in [6, 6.07) is 8.33. The molecule has 0 aliphatic carbocycles. The van der Waals surface area contributed by atoms with E-state index in [0.29, 0.717) is 0 Å². The average Bonchev–Trinajstić information content (AvgIpc) is 2.51. The third-order valence-electron chi connectivity index (χ3n) is 4.43. The first-order chi connectivity index (χ1) is 10.2. The predicted octanol–water partition coefficient (Wildman–Crippen LogP) is 4.05. The van der Waals surface area contributed by atoms with E-state index in [2.05, 4.69) is 36.2 Å². The van der Waals surface area contributed by atoms with E-state index in [-0.39, 0.29) is 11.8 Å². The number of carbonyl (C=O) groups excluding carboxylic acids is 1. The maximum atomic E-state index is 12.1. The molecule has 0 bridgehead atoms. The smallest absolute Gasteiger partial charge is 0.227 e. The molecule has 0 aromatic heterocycles. The number of benzene rings is 1. The number of nitrogens with zero attached hydrogens (tertiary/aromatic N) is 1. The summed E-state index contributed by atoms with van der Waals surface area (Å²) in [6.45, 7) is 7.59. The number of carbonyl (C=O) groups is 1. The molecule has 1 aliphatic heterocycles. The Bertz CT molecular complexity index is 431. The van der Waals surface area contributed by atoms with Crippen molar-refractivity contribution in [2.24, 2.45) is 5.92 Å². The Labute approximate surface area is 128 Å². The summed E-state index contributed by atoms with van der Waals surface area (Å²) in [7, 11) is 0. The standard InChI is InChI=1S/C18H28N2O/c1-3-16(4-2)18(21)19-17-10-8-15(9-11-17)14-20-12-6-5-7-13-20/h8-11,16H,3-7,12-14H2,1-2H3,(H,19,21). The van der Waals surface area contributed by atoms with Gasteiger partial charge in [-0.15, -0.1) is 0 Å². The summed E-state index contributed by atoms with van der Waals surface area (Å²) in [4.78, 5) is 14.6. The molecule has 1 aliphatic rings. The molecule has 0 atom stereocenters. The third kappa shape index (κ3) is 4.85. The molecule has 0 unspecified atom stereocenters. The number of amides is 1. The van der Waals surface area contributed by atoms with Crippen LogP contribution in [-0.4, -0.2) is 23.9 Å². The topological polar surface area (TPSA) is 32.3 Å². The van der Waals surface area contributed by atoms with Crippen LogP contribution in [0.25, 0.3) is 0 Å². The molecule has 116 valence electrons. The van der Waals surface area contributed by atoms with Crippen LogP contribution in [-0.2, 0) is 11.3 Å². The van der Waals surface area contributed by atoms with E-state index in [1.54, 1.807) is 0 Å². The molecule has 1 N–H and O–H groups in total. The summed E-state index contributed by atoms with van der Waals surface area (Å²) in [5.41, 5.74) is 2.24. The first kappa shape index (κ1) is 16.0. The highest BCUT2D eigenvalue weighted by molar-refractivity contribution is 5.92. The Morgan fingerprint density at radius 2 is 1.71 bits per heavy atom. The molecule has 21 heavy (non-hydrogen) atoms. The lowest BCUT2D eigenvalue weighted by Crippen LogP contribution is -2.29. The van der Waals surface area contributed by atoms with Gasteiger partial charge in [0.15, 0.2) is 0 Å². The fourth-order valence-corrected chi connectivity index (χ4v) is 2.97. The lowest BCUT2D eigenvalue weighted by molar-refractivity contribution is -0.120. The number of likely N-dealkylation sites (tertiary alicyclic amines) is 1. The Balaban J connectivity index is 1.87. The highest BCUT2D eigenvalue weighted by Crippen LogP contribution is 2.17. The van der Waals surface area contributed by atoms with Crippen LogP contribution in [0, 0.1) is 5.92 Å². The van der Waals surface area contributed by atoms with Crippen LogP contribution in [0.2, 0.25) is 0 Å². The molecule has 1 fully saturated rings. The van der Waals surface area contributed by atoms with E-state index in [1.807, 2.05) is 12.1 Å². The molecule has 2 rings (SSSR count). The van der Waals surface area contributed by atoms with E-state index in [9.17, 15) is 4.79 Å². The van der Waals surface area contributed by atoms with Crippen molar-refractivity contribution in [1.82, 2.24) is 4.90 Å². The van der Waals surface area contributed by atoms with Gasteiger partial charge < -0.3 is 5.32 Å². The monoisotopic (exact) mass is 288 g/mol. The Kier molecular flexibility index (Phi) is 6.24. The van der Waals surface area contributed by atoms with Crippen LogP contribution >= 0.6 is 0 Å². The van der Waals surface area contributed by atoms with Crippen molar-refractivity contribution >= 4 is 11.6 Å². The summed E-state index contributed by atoms with van der Waals surface area (Å²) in [6.07, 6.45) is 5.81. The normalized spacial score (nSPS) is 16.1. The van der Waals surface area contributed by atoms with Crippen molar-refractivity contribution in [2.45, 2.75) is 52.5 Å². The van der Waals surface area contributed by atoms with Crippen molar-refractivity contribution < 1.29 is 4.79 Å². The second-order valence-electron chi connectivity index (χ2n) is 6.04. The molecule has 1 aromatic carbocycles. The van der Waals surface area contributed by atoms with Gasteiger partial charge in [0.05, 0.1) is 0 Å². The van der Waals surface area contributed by atoms with Gasteiger partial charge in [-0.3, -0.25) is 9.69 Å². The van der Waals surface area contributed by atoms with Gasteiger partial charge in [0.1, 0.15) is 0 Å². The summed E-state index contributed by atoms with van der Waals surface area (Å²) < 4.78 is 0. The van der Waals surface area contributed by atoms with Crippen LogP contribution in [0.1, 0.15) is 51.5 Å². The van der Waals surface area contributed by atoms with Gasteiger partial charge in [0.25, 0.3) is 0 Å². The molecular weight excluding hydrogens is 260 g/mol. The zero-order chi connectivity index (χ0) is 15.1. The van der Waals surface area contributed by atoms with Crippen LogP contribution in [0.4, 0.5) is 5.69 Å². The number of piperidine rings is 1. The van der Waals surface area contributed by atoms with Gasteiger partial charge in [-0.05, 0) is 56.5 Å². The Morgan fingerprint density at radius 1 is 1.10 bits per heavy atom. The molecule has 3 heteroatoms. The largest absolute Gasteiger partial charge is 0.326 e. The number of hydrogen-bond donors (Lipinski definition) is 1. The predicted molar refractivity (Wildman–Crippen MR) is 88.3 cm³/mol. The van der Waals surface area contributed by atoms with Crippen LogP contribution in [0.3, 0.4) is 0 Å². The molecule has 3 nitrogen and oxygen atoms in total. The minimum absolute atomic E-state index is 0.123. The van der Waals surface area contributed by atoms with Gasteiger partial charge in [0.2, 0.25) is 5.91 Å². The maximum Gasteiger partial charge on any atom is 0.227 e. The first-order valence-electron chi connectivity index (χ1n) is 8.35. The van der Waals surface area contributed by atoms with E-state index in [0.717, 1.165) is 25.1 Å². The second kappa shape index (κ2) is 8.18. The average molecular weight is 288 g/mol. The Hall–Kier alpha value is -1.35. The fourth-order valence-electron chi connectivity index (χ4n) is 2.97. The van der Waals surface area contributed by atoms with Crippen molar-refractivity contribution in [2.75, 3.05) is 18.4 Å². The second-order valence-corrected chi connectivity index (χ2v) is 6.04. The highest BCUT2D eigenvalue weighted by atomic mass is 16.1. The minimum Gasteiger partial charge on any atom is -0.326 e. The lowest BCUT2D eigenvalue weighted by atomic mass is 10.0. The maximum absolute atomic E-state index is 12.1. The van der Waals surface area contributed by atoms with Crippen molar-refractivity contribution in [1.29, 1.82) is 0 Å². The first-order valence-corrected chi connectivity index (χ1v) is 8.35. The summed E-state index contributed by atoms with van der Waals surface area (Å²) >= 11 is 0. The van der Waals surface area contributed by atoms with E-state index < -0.39 is 0 Å². The van der Waals surface area contributed by atoms with Gasteiger partial charge in [-0.1, -0.05) is 32.4 Å². The van der Waals surface area contributed by atoms with Gasteiger partial charge in [0, 0.05) is 18.2 Å². The van der Waals surface area contributed by atoms with Gasteiger partial charge >= 0.3 is 0 Å². The van der Waals surface area contributed by atoms with Crippen molar-refractivity contribution in [3.05, 3.63) is 29.8 Å². The number of nitrogens with one attached hydrogen (secondary N) is 1. The Morgan fingerprint density at radius 3 is 2.29 bits per heavy atom. The number of hydrogen-bond acceptors (Lipinski definition) is 2. The molecule has 1 heterocycles. The minimum atomic E-state index is 0.123. The molecule has 1 amide bonds. The zero-order valence-electron chi connectivity index (χ0n) is 13.4. The summed E-state index contributed by atoms with van der Waals surface area (Å²) in [5.74, 6) is 0.266. The van der Waals surface area contributed by atoms with Crippen LogP contribution in [0.5, 0.6) is 0 Å². The van der Waals surface area contributed by atoms with E-state index >= 15 is 0 Å². The van der Waals surface area contributed by atoms with Crippen LogP contribution in [0.15, 0.2) is 24.3 Å². The molecule has 0 spiro atoms. The van der Waals surface area contributed by atoms with Crippen LogP contribution < -0.4 is 5.32 Å². The van der Waals surface area contributed by atoms with Gasteiger partial charge in [-0.2, -0.15) is 0 Å². The lowest BCUT2D eigenvalue weighted by Gasteiger charge is -2.26. The highest BCUT2D eigenvalue weighted by Gasteiger charge is 2.14. The number of rotatable bonds is 6. The van der Waals surface area contributed by atoms with Crippen molar-refractivity contribution in [3.8, 4) is 0 Å². The van der Waals surface area contributed by atoms with E-state index in [1.165, 1.54) is 37.9 Å². The van der Waals surface area contributed by atoms with Gasteiger partial charge in [-0.25, -0.2) is 0 Å². The number of anilines is 1. The molecule has 0 saturated carbocycles. The molecule has 1 aromatic rings. The molecule has 0 radical (unpaired) electrons.